The summed E-state index contributed by atoms with van der Waals surface area (Å²) >= 11 is 0. The fraction of sp³-hybridized carbons (Fsp3) is 0.650. The van der Waals surface area contributed by atoms with Gasteiger partial charge >= 0.3 is 0 Å². The lowest BCUT2D eigenvalue weighted by Crippen LogP contribution is -2.49. The van der Waals surface area contributed by atoms with Crippen molar-refractivity contribution in [3.8, 4) is 0 Å². The first kappa shape index (κ1) is 17.4. The molecular formula is C20H31N3O. The highest BCUT2D eigenvalue weighted by Crippen LogP contribution is 2.25. The topological polar surface area (TPSA) is 35.6 Å². The maximum absolute atomic E-state index is 12.8. The molecule has 1 aliphatic heterocycles. The number of hydrogen-bond donors (Lipinski definition) is 1. The molecule has 24 heavy (non-hydrogen) atoms. The molecule has 0 spiro atoms. The maximum Gasteiger partial charge on any atom is 0.251 e. The van der Waals surface area contributed by atoms with Gasteiger partial charge in [-0.2, -0.15) is 0 Å². The second kappa shape index (κ2) is 7.24. The van der Waals surface area contributed by atoms with Gasteiger partial charge in [-0.1, -0.05) is 12.1 Å². The second-order valence-electron chi connectivity index (χ2n) is 8.03. The average Bonchev–Trinajstić information content (AvgIpc) is 3.02. The maximum atomic E-state index is 12.8. The molecule has 2 aliphatic rings. The lowest BCUT2D eigenvalue weighted by atomic mass is 9.97. The van der Waals surface area contributed by atoms with Gasteiger partial charge < -0.3 is 15.1 Å². The lowest BCUT2D eigenvalue weighted by molar-refractivity contribution is 0.0892. The minimum atomic E-state index is -0.179. The van der Waals surface area contributed by atoms with Crippen LogP contribution in [0.1, 0.15) is 48.2 Å². The number of nitrogens with one attached hydrogen (secondary N) is 1. The molecular weight excluding hydrogens is 298 g/mol. The summed E-state index contributed by atoms with van der Waals surface area (Å²) in [6.07, 6.45) is 4.31. The van der Waals surface area contributed by atoms with E-state index >= 15 is 0 Å². The Kier molecular flexibility index (Phi) is 5.26. The van der Waals surface area contributed by atoms with Crippen LogP contribution in [0.3, 0.4) is 0 Å². The second-order valence-corrected chi connectivity index (χ2v) is 8.03. The van der Waals surface area contributed by atoms with Gasteiger partial charge in [0, 0.05) is 43.8 Å². The summed E-state index contributed by atoms with van der Waals surface area (Å²) in [5, 5.41) is 3.27. The minimum Gasteiger partial charge on any atom is -0.347 e. The molecule has 1 aromatic rings. The Morgan fingerprint density at radius 3 is 2.67 bits per heavy atom. The largest absolute Gasteiger partial charge is 0.347 e. The van der Waals surface area contributed by atoms with Crippen LogP contribution in [0.4, 0.5) is 0 Å². The predicted molar refractivity (Wildman–Crippen MR) is 98.6 cm³/mol. The van der Waals surface area contributed by atoms with E-state index in [0.29, 0.717) is 0 Å². The van der Waals surface area contributed by atoms with E-state index in [4.69, 9.17) is 0 Å². The van der Waals surface area contributed by atoms with E-state index in [0.717, 1.165) is 57.5 Å². The molecule has 4 heteroatoms. The first-order valence-electron chi connectivity index (χ1n) is 9.29. The molecule has 1 aliphatic carbocycles. The Bertz CT molecular complexity index is 589. The van der Waals surface area contributed by atoms with Crippen molar-refractivity contribution in [2.75, 3.05) is 39.8 Å². The molecule has 1 saturated heterocycles. The molecule has 0 radical (unpaired) electrons. The van der Waals surface area contributed by atoms with Crippen LogP contribution < -0.4 is 5.32 Å². The summed E-state index contributed by atoms with van der Waals surface area (Å²) in [6, 6.07) is 6.17. The number of fused-ring (bicyclic) bond motifs is 1. The summed E-state index contributed by atoms with van der Waals surface area (Å²) in [7, 11) is 2.18. The third kappa shape index (κ3) is 4.17. The summed E-state index contributed by atoms with van der Waals surface area (Å²) in [6.45, 7) is 9.88. The predicted octanol–water partition coefficient (Wildman–Crippen LogP) is 2.32. The first-order chi connectivity index (χ1) is 11.4. The zero-order valence-electron chi connectivity index (χ0n) is 15.4. The highest BCUT2D eigenvalue weighted by atomic mass is 16.1. The molecule has 132 valence electrons. The van der Waals surface area contributed by atoms with E-state index < -0.39 is 0 Å². The number of piperazine rings is 1. The van der Waals surface area contributed by atoms with Gasteiger partial charge in [0.15, 0.2) is 0 Å². The van der Waals surface area contributed by atoms with Crippen LogP contribution in [-0.4, -0.2) is 61.0 Å². The Balaban J connectivity index is 1.56. The van der Waals surface area contributed by atoms with Crippen LogP contribution in [0.5, 0.6) is 0 Å². The van der Waals surface area contributed by atoms with Crippen molar-refractivity contribution in [2.45, 2.75) is 45.1 Å². The smallest absolute Gasteiger partial charge is 0.251 e. The molecule has 0 aromatic heterocycles. The van der Waals surface area contributed by atoms with E-state index in [-0.39, 0.29) is 11.4 Å². The Hall–Kier alpha value is -1.39. The SMILES string of the molecule is CN1CCN(CCC(C)(C)NC(=O)c2cccc3c2CCC3)CC1. The highest BCUT2D eigenvalue weighted by molar-refractivity contribution is 5.96. The zero-order chi connectivity index (χ0) is 17.2. The van der Waals surface area contributed by atoms with Crippen LogP contribution in [0.2, 0.25) is 0 Å². The van der Waals surface area contributed by atoms with Gasteiger partial charge in [0.05, 0.1) is 0 Å². The third-order valence-corrected chi connectivity index (χ3v) is 5.49. The Labute approximate surface area is 146 Å². The van der Waals surface area contributed by atoms with Crippen molar-refractivity contribution >= 4 is 5.91 Å². The third-order valence-electron chi connectivity index (χ3n) is 5.49. The molecule has 0 atom stereocenters. The number of amides is 1. The molecule has 1 heterocycles. The molecule has 4 nitrogen and oxygen atoms in total. The molecule has 1 fully saturated rings. The van der Waals surface area contributed by atoms with E-state index in [1.54, 1.807) is 0 Å². The van der Waals surface area contributed by atoms with Gasteiger partial charge in [0.25, 0.3) is 5.91 Å². The molecule has 1 amide bonds. The van der Waals surface area contributed by atoms with E-state index in [1.165, 1.54) is 17.5 Å². The van der Waals surface area contributed by atoms with E-state index in [9.17, 15) is 4.79 Å². The number of hydrogen-bond acceptors (Lipinski definition) is 3. The fourth-order valence-electron chi connectivity index (χ4n) is 3.78. The van der Waals surface area contributed by atoms with Crippen molar-refractivity contribution in [3.05, 3.63) is 34.9 Å². The van der Waals surface area contributed by atoms with Gasteiger partial charge in [-0.05, 0) is 63.8 Å². The quantitative estimate of drug-likeness (QED) is 0.900. The first-order valence-corrected chi connectivity index (χ1v) is 9.29. The summed E-state index contributed by atoms with van der Waals surface area (Å²) in [5.41, 5.74) is 3.34. The normalized spacial score (nSPS) is 19.3. The zero-order valence-corrected chi connectivity index (χ0v) is 15.4. The molecule has 0 unspecified atom stereocenters. The summed E-state index contributed by atoms with van der Waals surface area (Å²) in [4.78, 5) is 17.7. The van der Waals surface area contributed by atoms with Gasteiger partial charge in [-0.25, -0.2) is 0 Å². The monoisotopic (exact) mass is 329 g/mol. The number of likely N-dealkylation sites (N-methyl/N-ethyl adjacent to an activating group) is 1. The lowest BCUT2D eigenvalue weighted by Gasteiger charge is -2.35. The van der Waals surface area contributed by atoms with Crippen LogP contribution >= 0.6 is 0 Å². The van der Waals surface area contributed by atoms with Gasteiger partial charge in [-0.3, -0.25) is 4.79 Å². The Morgan fingerprint density at radius 2 is 1.92 bits per heavy atom. The van der Waals surface area contributed by atoms with Gasteiger partial charge in [0.1, 0.15) is 0 Å². The van der Waals surface area contributed by atoms with Crippen LogP contribution in [0, 0.1) is 0 Å². The van der Waals surface area contributed by atoms with E-state index in [2.05, 4.69) is 42.1 Å². The van der Waals surface area contributed by atoms with Crippen molar-refractivity contribution in [2.24, 2.45) is 0 Å². The minimum absolute atomic E-state index is 0.0946. The number of carbonyl (C=O) groups is 1. The molecule has 3 rings (SSSR count). The number of aryl methyl sites for hydroxylation is 1. The highest BCUT2D eigenvalue weighted by Gasteiger charge is 2.25. The molecule has 0 saturated carbocycles. The molecule has 1 aromatic carbocycles. The number of nitrogens with zero attached hydrogens (tertiary/aromatic N) is 2. The number of carbonyl (C=O) groups excluding carboxylic acids is 1. The van der Waals surface area contributed by atoms with Gasteiger partial charge in [-0.15, -0.1) is 0 Å². The standard InChI is InChI=1S/C20H31N3O/c1-20(2,10-11-23-14-12-22(3)13-15-23)21-19(24)18-9-5-7-16-6-4-8-17(16)18/h5,7,9H,4,6,8,10-15H2,1-3H3,(H,21,24). The van der Waals surface area contributed by atoms with Crippen molar-refractivity contribution < 1.29 is 4.79 Å². The summed E-state index contributed by atoms with van der Waals surface area (Å²) in [5.74, 6) is 0.0946. The number of rotatable bonds is 5. The van der Waals surface area contributed by atoms with Gasteiger partial charge in [0.2, 0.25) is 0 Å². The Morgan fingerprint density at radius 1 is 1.17 bits per heavy atom. The van der Waals surface area contributed by atoms with Crippen molar-refractivity contribution in [1.29, 1.82) is 0 Å². The van der Waals surface area contributed by atoms with Crippen LogP contribution in [-0.2, 0) is 12.8 Å². The number of benzene rings is 1. The molecule has 0 bridgehead atoms. The van der Waals surface area contributed by atoms with E-state index in [1.807, 2.05) is 12.1 Å². The van der Waals surface area contributed by atoms with Crippen LogP contribution in [0.25, 0.3) is 0 Å². The summed E-state index contributed by atoms with van der Waals surface area (Å²) < 4.78 is 0. The average molecular weight is 329 g/mol. The van der Waals surface area contributed by atoms with Crippen molar-refractivity contribution in [1.82, 2.24) is 15.1 Å². The van der Waals surface area contributed by atoms with Crippen LogP contribution in [0.15, 0.2) is 18.2 Å². The van der Waals surface area contributed by atoms with Crippen molar-refractivity contribution in [3.63, 3.8) is 0 Å². The fourth-order valence-corrected chi connectivity index (χ4v) is 3.78. The molecule has 1 N–H and O–H groups in total.